The molecule has 0 fully saturated rings. The van der Waals surface area contributed by atoms with Crippen LogP contribution in [-0.2, 0) is 23.4 Å². The fraction of sp³-hybridized carbons (Fsp3) is 0.868. The van der Waals surface area contributed by atoms with Crippen LogP contribution in [0.25, 0.3) is 0 Å². The first-order valence-corrected chi connectivity index (χ1v) is 20.7. The van der Waals surface area contributed by atoms with Crippen LogP contribution in [0.2, 0.25) is 0 Å². The number of carbonyl (C=O) groups is 1. The standard InChI is InChI=1S/C38H73O7P/c1-3-5-7-9-11-13-15-17-19-20-22-24-26-28-30-32-34-43-35-37(36-44-46(40,41)42)45-38(39)33-31-29-27-25-23-21-18-16-14-12-10-8-6-4-2/h10,12,16,18,37H,3-9,11,13-15,17,19-36H2,1-2H3,(H2,40,41,42)/b12-10-,18-16-/t37-/m1/s1. The van der Waals surface area contributed by atoms with Crippen molar-refractivity contribution in [1.82, 2.24) is 0 Å². The number of allylic oxidation sites excluding steroid dienone is 4. The molecule has 0 aliphatic carbocycles. The maximum atomic E-state index is 12.3. The van der Waals surface area contributed by atoms with E-state index in [9.17, 15) is 9.36 Å². The van der Waals surface area contributed by atoms with Crippen LogP contribution in [0.1, 0.15) is 187 Å². The molecular formula is C38H73O7P. The van der Waals surface area contributed by atoms with Gasteiger partial charge in [-0.25, -0.2) is 4.57 Å². The van der Waals surface area contributed by atoms with Gasteiger partial charge in [0, 0.05) is 13.0 Å². The van der Waals surface area contributed by atoms with Gasteiger partial charge in [0.1, 0.15) is 6.10 Å². The average Bonchev–Trinajstić information content (AvgIpc) is 3.02. The summed E-state index contributed by atoms with van der Waals surface area (Å²) < 4.78 is 26.9. The fourth-order valence-electron chi connectivity index (χ4n) is 5.40. The zero-order valence-electron chi connectivity index (χ0n) is 30.0. The zero-order chi connectivity index (χ0) is 33.8. The molecule has 272 valence electrons. The molecule has 0 bridgehead atoms. The van der Waals surface area contributed by atoms with Crippen molar-refractivity contribution in [2.24, 2.45) is 0 Å². The van der Waals surface area contributed by atoms with Gasteiger partial charge in [-0.15, -0.1) is 0 Å². The van der Waals surface area contributed by atoms with Gasteiger partial charge < -0.3 is 19.3 Å². The highest BCUT2D eigenvalue weighted by Crippen LogP contribution is 2.36. The molecule has 0 rings (SSSR count). The molecule has 0 aromatic rings. The van der Waals surface area contributed by atoms with E-state index in [0.29, 0.717) is 6.61 Å². The van der Waals surface area contributed by atoms with Crippen molar-refractivity contribution in [3.63, 3.8) is 0 Å². The van der Waals surface area contributed by atoms with Gasteiger partial charge in [0.05, 0.1) is 13.2 Å². The monoisotopic (exact) mass is 673 g/mol. The number of carbonyl (C=O) groups excluding carboxylic acids is 1. The molecule has 0 unspecified atom stereocenters. The molecule has 0 saturated carbocycles. The zero-order valence-corrected chi connectivity index (χ0v) is 30.9. The highest BCUT2D eigenvalue weighted by Gasteiger charge is 2.21. The smallest absolute Gasteiger partial charge is 0.457 e. The van der Waals surface area contributed by atoms with Gasteiger partial charge >= 0.3 is 13.8 Å². The van der Waals surface area contributed by atoms with E-state index in [1.165, 1.54) is 109 Å². The first-order chi connectivity index (χ1) is 22.4. The molecule has 0 radical (unpaired) electrons. The Hall–Kier alpha value is -0.980. The predicted octanol–water partition coefficient (Wildman–Crippen LogP) is 11.7. The van der Waals surface area contributed by atoms with Crippen molar-refractivity contribution in [3.05, 3.63) is 24.3 Å². The Bertz CT molecular complexity index is 749. The van der Waals surface area contributed by atoms with E-state index in [1.54, 1.807) is 0 Å². The molecular weight excluding hydrogens is 599 g/mol. The number of ether oxygens (including phenoxy) is 2. The molecule has 2 N–H and O–H groups in total. The molecule has 0 aliphatic rings. The molecule has 1 atom stereocenters. The predicted molar refractivity (Wildman–Crippen MR) is 193 cm³/mol. The number of esters is 1. The van der Waals surface area contributed by atoms with E-state index in [0.717, 1.165) is 57.8 Å². The second-order valence-corrected chi connectivity index (χ2v) is 14.1. The first-order valence-electron chi connectivity index (χ1n) is 19.2. The van der Waals surface area contributed by atoms with Crippen molar-refractivity contribution < 1.29 is 33.1 Å². The van der Waals surface area contributed by atoms with Crippen molar-refractivity contribution in [2.45, 2.75) is 193 Å². The molecule has 0 aromatic carbocycles. The Balaban J connectivity index is 3.82. The molecule has 0 aromatic heterocycles. The third-order valence-corrected chi connectivity index (χ3v) is 8.74. The largest absolute Gasteiger partial charge is 0.469 e. The van der Waals surface area contributed by atoms with Crippen LogP contribution in [0, 0.1) is 0 Å². The van der Waals surface area contributed by atoms with E-state index in [2.05, 4.69) is 42.7 Å². The average molecular weight is 673 g/mol. The second-order valence-electron chi connectivity index (χ2n) is 12.9. The van der Waals surface area contributed by atoms with Gasteiger partial charge in [-0.2, -0.15) is 0 Å². The Morgan fingerprint density at radius 2 is 1.04 bits per heavy atom. The first kappa shape index (κ1) is 45.0. The molecule has 8 heteroatoms. The maximum Gasteiger partial charge on any atom is 0.469 e. The van der Waals surface area contributed by atoms with Crippen molar-refractivity contribution >= 4 is 13.8 Å². The molecule has 0 heterocycles. The van der Waals surface area contributed by atoms with Gasteiger partial charge in [-0.3, -0.25) is 9.32 Å². The lowest BCUT2D eigenvalue weighted by Gasteiger charge is -2.18. The van der Waals surface area contributed by atoms with E-state index in [1.807, 2.05) is 0 Å². The number of hydrogen-bond donors (Lipinski definition) is 2. The molecule has 0 aliphatic heterocycles. The van der Waals surface area contributed by atoms with Gasteiger partial charge in [0.15, 0.2) is 0 Å². The third-order valence-electron chi connectivity index (χ3n) is 8.25. The van der Waals surface area contributed by atoms with Crippen LogP contribution >= 0.6 is 7.82 Å². The van der Waals surface area contributed by atoms with Crippen LogP contribution < -0.4 is 0 Å². The van der Waals surface area contributed by atoms with Gasteiger partial charge in [-0.05, 0) is 38.5 Å². The highest BCUT2D eigenvalue weighted by atomic mass is 31.2. The van der Waals surface area contributed by atoms with E-state index in [4.69, 9.17) is 19.3 Å². The van der Waals surface area contributed by atoms with Crippen LogP contribution in [-0.4, -0.2) is 41.7 Å². The Kier molecular flexibility index (Phi) is 34.6. The maximum absolute atomic E-state index is 12.3. The summed E-state index contributed by atoms with van der Waals surface area (Å²) in [5.74, 6) is -0.375. The number of phosphoric acid groups is 1. The molecule has 0 saturated heterocycles. The van der Waals surface area contributed by atoms with Crippen LogP contribution in [0.15, 0.2) is 24.3 Å². The van der Waals surface area contributed by atoms with Crippen LogP contribution in [0.4, 0.5) is 0 Å². The van der Waals surface area contributed by atoms with Crippen molar-refractivity contribution in [3.8, 4) is 0 Å². The summed E-state index contributed by atoms with van der Waals surface area (Å²) in [6, 6.07) is 0. The Morgan fingerprint density at radius 1 is 0.587 bits per heavy atom. The molecule has 0 spiro atoms. The third kappa shape index (κ3) is 37.5. The topological polar surface area (TPSA) is 102 Å². The highest BCUT2D eigenvalue weighted by molar-refractivity contribution is 7.46. The van der Waals surface area contributed by atoms with Crippen LogP contribution in [0.3, 0.4) is 0 Å². The normalized spacial score (nSPS) is 12.9. The molecule has 46 heavy (non-hydrogen) atoms. The number of phosphoric ester groups is 1. The summed E-state index contributed by atoms with van der Waals surface area (Å²) in [6.07, 6.45) is 40.2. The summed E-state index contributed by atoms with van der Waals surface area (Å²) in [4.78, 5) is 30.5. The number of unbranched alkanes of at least 4 members (excludes halogenated alkanes) is 22. The summed E-state index contributed by atoms with van der Waals surface area (Å²) in [5.41, 5.74) is 0. The molecule has 7 nitrogen and oxygen atoms in total. The van der Waals surface area contributed by atoms with E-state index >= 15 is 0 Å². The summed E-state index contributed by atoms with van der Waals surface area (Å²) in [5, 5.41) is 0. The van der Waals surface area contributed by atoms with Gasteiger partial charge in [-0.1, -0.05) is 167 Å². The van der Waals surface area contributed by atoms with Crippen molar-refractivity contribution in [2.75, 3.05) is 19.8 Å². The number of rotatable bonds is 36. The number of hydrogen-bond acceptors (Lipinski definition) is 5. The Morgan fingerprint density at radius 3 is 1.57 bits per heavy atom. The molecule has 0 amide bonds. The summed E-state index contributed by atoms with van der Waals surface area (Å²) >= 11 is 0. The van der Waals surface area contributed by atoms with Gasteiger partial charge in [0.25, 0.3) is 0 Å². The lowest BCUT2D eigenvalue weighted by Crippen LogP contribution is -2.28. The van der Waals surface area contributed by atoms with Crippen LogP contribution in [0.5, 0.6) is 0 Å². The summed E-state index contributed by atoms with van der Waals surface area (Å²) in [6.45, 7) is 4.71. The fourth-order valence-corrected chi connectivity index (χ4v) is 5.76. The lowest BCUT2D eigenvalue weighted by atomic mass is 10.0. The van der Waals surface area contributed by atoms with E-state index in [-0.39, 0.29) is 25.6 Å². The SMILES string of the molecule is CCCC/C=C\C/C=C\CCCCCCCC(=O)O[C@H](COCCCCCCCCCCCCCCCCCC)COP(=O)(O)O. The van der Waals surface area contributed by atoms with Crippen molar-refractivity contribution in [1.29, 1.82) is 0 Å². The minimum absolute atomic E-state index is 0.0759. The van der Waals surface area contributed by atoms with Gasteiger partial charge in [0.2, 0.25) is 0 Å². The quantitative estimate of drug-likeness (QED) is 0.0295. The minimum Gasteiger partial charge on any atom is -0.457 e. The second kappa shape index (κ2) is 35.3. The lowest BCUT2D eigenvalue weighted by molar-refractivity contribution is -0.154. The minimum atomic E-state index is -4.65. The Labute approximate surface area is 284 Å². The summed E-state index contributed by atoms with van der Waals surface area (Å²) in [7, 11) is -4.65. The van der Waals surface area contributed by atoms with E-state index < -0.39 is 13.9 Å².